The van der Waals surface area contributed by atoms with E-state index in [-0.39, 0.29) is 5.56 Å². The predicted octanol–water partition coefficient (Wildman–Crippen LogP) is 1.61. The maximum atomic E-state index is 10.8. The second-order valence-corrected chi connectivity index (χ2v) is 4.33. The van der Waals surface area contributed by atoms with Gasteiger partial charge in [-0.3, -0.25) is 4.98 Å². The lowest BCUT2D eigenvalue weighted by atomic mass is 10.2. The number of anilines is 1. The molecule has 104 valence electrons. The standard InChI is InChI=1S/C14H11N5O2/c15-13-12(10-2-1-7-16-8-10)17-18-19(13)11-5-3-9(4-6-11)14(20)21/h1-8H,15H2,(H,20,21). The molecule has 0 bridgehead atoms. The Labute approximate surface area is 119 Å². The highest BCUT2D eigenvalue weighted by Crippen LogP contribution is 2.24. The van der Waals surface area contributed by atoms with Crippen molar-refractivity contribution >= 4 is 11.8 Å². The molecule has 0 saturated carbocycles. The number of nitrogens with zero attached hydrogens (tertiary/aromatic N) is 4. The van der Waals surface area contributed by atoms with Gasteiger partial charge < -0.3 is 10.8 Å². The Balaban J connectivity index is 2.01. The van der Waals surface area contributed by atoms with Gasteiger partial charge in [-0.05, 0) is 36.4 Å². The van der Waals surface area contributed by atoms with Crippen molar-refractivity contribution in [3.05, 3.63) is 54.4 Å². The van der Waals surface area contributed by atoms with Crippen LogP contribution in [0.15, 0.2) is 48.8 Å². The molecule has 7 nitrogen and oxygen atoms in total. The van der Waals surface area contributed by atoms with Crippen molar-refractivity contribution in [2.45, 2.75) is 0 Å². The van der Waals surface area contributed by atoms with E-state index in [9.17, 15) is 4.79 Å². The van der Waals surface area contributed by atoms with E-state index >= 15 is 0 Å². The van der Waals surface area contributed by atoms with Crippen LogP contribution in [0.2, 0.25) is 0 Å². The molecule has 2 heterocycles. The largest absolute Gasteiger partial charge is 0.478 e. The number of carboxylic acids is 1. The monoisotopic (exact) mass is 281 g/mol. The van der Waals surface area contributed by atoms with Crippen LogP contribution in [0.25, 0.3) is 16.9 Å². The van der Waals surface area contributed by atoms with Crippen LogP contribution in [0.4, 0.5) is 5.82 Å². The van der Waals surface area contributed by atoms with Gasteiger partial charge in [0.05, 0.1) is 11.3 Å². The number of nitrogens with two attached hydrogens (primary N) is 1. The first-order valence-electron chi connectivity index (χ1n) is 6.12. The molecule has 1 aromatic carbocycles. The second-order valence-electron chi connectivity index (χ2n) is 4.33. The van der Waals surface area contributed by atoms with Crippen molar-refractivity contribution < 1.29 is 9.90 Å². The third kappa shape index (κ3) is 2.32. The molecule has 0 fully saturated rings. The summed E-state index contributed by atoms with van der Waals surface area (Å²) in [6, 6.07) is 9.86. The van der Waals surface area contributed by atoms with Crippen LogP contribution in [0, 0.1) is 0 Å². The summed E-state index contributed by atoms with van der Waals surface area (Å²) in [6.07, 6.45) is 3.31. The van der Waals surface area contributed by atoms with Crippen molar-refractivity contribution in [3.63, 3.8) is 0 Å². The molecule has 21 heavy (non-hydrogen) atoms. The maximum Gasteiger partial charge on any atom is 0.335 e. The second kappa shape index (κ2) is 5.04. The minimum atomic E-state index is -0.982. The first kappa shape index (κ1) is 12.8. The van der Waals surface area contributed by atoms with Gasteiger partial charge in [0, 0.05) is 18.0 Å². The van der Waals surface area contributed by atoms with Gasteiger partial charge in [0.25, 0.3) is 0 Å². The third-order valence-electron chi connectivity index (χ3n) is 3.00. The number of nitrogen functional groups attached to an aromatic ring is 1. The Hall–Kier alpha value is -3.22. The number of pyridine rings is 1. The van der Waals surface area contributed by atoms with Crippen LogP contribution in [-0.4, -0.2) is 31.1 Å². The molecule has 0 amide bonds. The van der Waals surface area contributed by atoms with Crippen molar-refractivity contribution in [2.24, 2.45) is 0 Å². The molecular formula is C14H11N5O2. The van der Waals surface area contributed by atoms with Crippen LogP contribution in [0.3, 0.4) is 0 Å². The van der Waals surface area contributed by atoms with E-state index in [2.05, 4.69) is 15.3 Å². The molecule has 3 rings (SSSR count). The molecule has 0 aliphatic rings. The summed E-state index contributed by atoms with van der Waals surface area (Å²) in [5, 5.41) is 16.9. The van der Waals surface area contributed by atoms with Crippen LogP contribution in [-0.2, 0) is 0 Å². The molecule has 0 atom stereocenters. The zero-order chi connectivity index (χ0) is 14.8. The highest BCUT2D eigenvalue weighted by atomic mass is 16.4. The minimum Gasteiger partial charge on any atom is -0.478 e. The fraction of sp³-hybridized carbons (Fsp3) is 0. The average Bonchev–Trinajstić information content (AvgIpc) is 2.90. The number of hydrogen-bond donors (Lipinski definition) is 2. The summed E-state index contributed by atoms with van der Waals surface area (Å²) in [6.45, 7) is 0. The third-order valence-corrected chi connectivity index (χ3v) is 3.00. The summed E-state index contributed by atoms with van der Waals surface area (Å²) in [7, 11) is 0. The van der Waals surface area contributed by atoms with Crippen LogP contribution >= 0.6 is 0 Å². The van der Waals surface area contributed by atoms with Crippen molar-refractivity contribution in [1.82, 2.24) is 20.0 Å². The van der Waals surface area contributed by atoms with Crippen LogP contribution < -0.4 is 5.73 Å². The van der Waals surface area contributed by atoms with Gasteiger partial charge >= 0.3 is 5.97 Å². The average molecular weight is 281 g/mol. The lowest BCUT2D eigenvalue weighted by molar-refractivity contribution is 0.0697. The van der Waals surface area contributed by atoms with Crippen molar-refractivity contribution in [2.75, 3.05) is 5.73 Å². The van der Waals surface area contributed by atoms with Gasteiger partial charge in [-0.25, -0.2) is 4.79 Å². The number of benzene rings is 1. The fourth-order valence-electron chi connectivity index (χ4n) is 1.93. The molecule has 0 aliphatic heterocycles. The summed E-state index contributed by atoms with van der Waals surface area (Å²) < 4.78 is 1.45. The van der Waals surface area contributed by atoms with Crippen LogP contribution in [0.1, 0.15) is 10.4 Å². The van der Waals surface area contributed by atoms with Gasteiger partial charge in [0.15, 0.2) is 5.82 Å². The maximum absolute atomic E-state index is 10.8. The van der Waals surface area contributed by atoms with Crippen molar-refractivity contribution in [1.29, 1.82) is 0 Å². The quantitative estimate of drug-likeness (QED) is 0.755. The molecule has 2 aromatic heterocycles. The Bertz CT molecular complexity index is 781. The SMILES string of the molecule is Nc1c(-c2cccnc2)nnn1-c1ccc(C(=O)O)cc1. The smallest absolute Gasteiger partial charge is 0.335 e. The van der Waals surface area contributed by atoms with Gasteiger partial charge in [-0.15, -0.1) is 5.10 Å². The molecular weight excluding hydrogens is 270 g/mol. The highest BCUT2D eigenvalue weighted by Gasteiger charge is 2.13. The van der Waals surface area contributed by atoms with Gasteiger partial charge in [0.2, 0.25) is 0 Å². The first-order chi connectivity index (χ1) is 10.2. The molecule has 7 heteroatoms. The fourth-order valence-corrected chi connectivity index (χ4v) is 1.93. The number of carbonyl (C=O) groups is 1. The van der Waals surface area contributed by atoms with E-state index in [1.165, 1.54) is 16.8 Å². The van der Waals surface area contributed by atoms with Crippen LogP contribution in [0.5, 0.6) is 0 Å². The molecule has 0 unspecified atom stereocenters. The number of rotatable bonds is 3. The number of aromatic carboxylic acids is 1. The Morgan fingerprint density at radius 1 is 1.19 bits per heavy atom. The topological polar surface area (TPSA) is 107 Å². The Kier molecular flexibility index (Phi) is 3.07. The zero-order valence-electron chi connectivity index (χ0n) is 10.8. The van der Waals surface area contributed by atoms with Crippen molar-refractivity contribution in [3.8, 4) is 16.9 Å². The zero-order valence-corrected chi connectivity index (χ0v) is 10.8. The summed E-state index contributed by atoms with van der Waals surface area (Å²) in [5.74, 6) is -0.616. The summed E-state index contributed by atoms with van der Waals surface area (Å²) in [5.41, 5.74) is 8.20. The highest BCUT2D eigenvalue weighted by molar-refractivity contribution is 5.87. The summed E-state index contributed by atoms with van der Waals surface area (Å²) >= 11 is 0. The summed E-state index contributed by atoms with van der Waals surface area (Å²) in [4.78, 5) is 14.9. The lowest BCUT2D eigenvalue weighted by Gasteiger charge is -2.04. The molecule has 0 spiro atoms. The van der Waals surface area contributed by atoms with E-state index in [1.54, 1.807) is 30.6 Å². The molecule has 0 saturated heterocycles. The minimum absolute atomic E-state index is 0.199. The number of aromatic nitrogens is 4. The van der Waals surface area contributed by atoms with E-state index in [0.29, 0.717) is 17.2 Å². The van der Waals surface area contributed by atoms with Gasteiger partial charge in [-0.2, -0.15) is 4.68 Å². The lowest BCUT2D eigenvalue weighted by Crippen LogP contribution is -2.03. The van der Waals surface area contributed by atoms with E-state index in [1.807, 2.05) is 6.07 Å². The normalized spacial score (nSPS) is 10.5. The number of hydrogen-bond acceptors (Lipinski definition) is 5. The molecule has 3 aromatic rings. The Morgan fingerprint density at radius 2 is 1.95 bits per heavy atom. The number of carboxylic acid groups (broad SMARTS) is 1. The molecule has 0 radical (unpaired) electrons. The van der Waals surface area contributed by atoms with E-state index < -0.39 is 5.97 Å². The van der Waals surface area contributed by atoms with Gasteiger partial charge in [0.1, 0.15) is 5.69 Å². The van der Waals surface area contributed by atoms with Gasteiger partial charge in [-0.1, -0.05) is 5.21 Å². The predicted molar refractivity (Wildman–Crippen MR) is 76.0 cm³/mol. The Morgan fingerprint density at radius 3 is 2.57 bits per heavy atom. The molecule has 3 N–H and O–H groups in total. The van der Waals surface area contributed by atoms with E-state index in [0.717, 1.165) is 5.56 Å². The van der Waals surface area contributed by atoms with E-state index in [4.69, 9.17) is 10.8 Å². The molecule has 0 aliphatic carbocycles. The first-order valence-corrected chi connectivity index (χ1v) is 6.12.